The maximum Gasteiger partial charge on any atom is 0.247 e. The average molecular weight is 465 g/mol. The number of nitrogens with zero attached hydrogens (tertiary/aromatic N) is 1. The van der Waals surface area contributed by atoms with Gasteiger partial charge >= 0.3 is 0 Å². The van der Waals surface area contributed by atoms with Gasteiger partial charge in [-0.15, -0.1) is 0 Å². The number of aliphatic hydroxyl groups is 2. The molecule has 7 heteroatoms. The van der Waals surface area contributed by atoms with Crippen LogP contribution in [-0.2, 0) is 16.1 Å². The molecule has 0 saturated heterocycles. The molecule has 1 heterocycles. The minimum atomic E-state index is -1.02. The van der Waals surface area contributed by atoms with Crippen molar-refractivity contribution in [1.82, 2.24) is 10.2 Å². The third-order valence-electron chi connectivity index (χ3n) is 6.34. The molecule has 2 amide bonds. The summed E-state index contributed by atoms with van der Waals surface area (Å²) in [6, 6.07) is 16.3. The summed E-state index contributed by atoms with van der Waals surface area (Å²) in [6.45, 7) is 4.20. The Morgan fingerprint density at radius 3 is 2.50 bits per heavy atom. The molecule has 34 heavy (non-hydrogen) atoms. The minimum Gasteiger partial charge on any atom is -0.486 e. The zero-order chi connectivity index (χ0) is 24.2. The zero-order valence-corrected chi connectivity index (χ0v) is 19.6. The molecule has 4 atom stereocenters. The molecule has 0 spiro atoms. The highest BCUT2D eigenvalue weighted by Gasteiger charge is 2.50. The molecule has 0 radical (unpaired) electrons. The zero-order valence-electron chi connectivity index (χ0n) is 19.6. The maximum atomic E-state index is 13.4. The van der Waals surface area contributed by atoms with E-state index in [1.165, 1.54) is 0 Å². The molecular formula is C27H32N2O5. The monoisotopic (exact) mass is 464 g/mol. The van der Waals surface area contributed by atoms with Gasteiger partial charge in [-0.3, -0.25) is 9.59 Å². The van der Waals surface area contributed by atoms with E-state index in [4.69, 9.17) is 4.74 Å². The summed E-state index contributed by atoms with van der Waals surface area (Å²) in [5.41, 5.74) is 2.21. The Morgan fingerprint density at radius 2 is 1.79 bits per heavy atom. The lowest BCUT2D eigenvalue weighted by Gasteiger charge is -2.41. The van der Waals surface area contributed by atoms with Gasteiger partial charge < -0.3 is 25.2 Å². The molecule has 0 unspecified atom stereocenters. The SMILES string of the molecule is CC(C)CC(=O)N(Cc1ccccc1)[C@@H]1C=C(C(=O)NCCO)[C@@H]2c3ccccc3O[C@@H]2[C@H]1O. The van der Waals surface area contributed by atoms with Crippen molar-refractivity contribution in [3.63, 3.8) is 0 Å². The van der Waals surface area contributed by atoms with Crippen LogP contribution in [-0.4, -0.2) is 58.3 Å². The van der Waals surface area contributed by atoms with Gasteiger partial charge in [0.05, 0.1) is 18.6 Å². The number of amides is 2. The van der Waals surface area contributed by atoms with Gasteiger partial charge in [0.25, 0.3) is 0 Å². The first-order valence-electron chi connectivity index (χ1n) is 11.8. The molecule has 7 nitrogen and oxygen atoms in total. The van der Waals surface area contributed by atoms with Crippen molar-refractivity contribution >= 4 is 11.8 Å². The number of hydrogen-bond acceptors (Lipinski definition) is 5. The van der Waals surface area contributed by atoms with Crippen molar-refractivity contribution < 1.29 is 24.5 Å². The second-order valence-electron chi connectivity index (χ2n) is 9.29. The van der Waals surface area contributed by atoms with Crippen molar-refractivity contribution in [1.29, 1.82) is 0 Å². The first kappa shape index (κ1) is 24.0. The number of rotatable bonds is 8. The Labute approximate surface area is 200 Å². The fourth-order valence-electron chi connectivity index (χ4n) is 4.80. The molecule has 1 aliphatic carbocycles. The molecule has 0 bridgehead atoms. The van der Waals surface area contributed by atoms with Gasteiger partial charge in [-0.05, 0) is 23.6 Å². The van der Waals surface area contributed by atoms with E-state index in [-0.39, 0.29) is 30.9 Å². The minimum absolute atomic E-state index is 0.0942. The Bertz CT molecular complexity index is 1050. The van der Waals surface area contributed by atoms with E-state index < -0.39 is 24.2 Å². The second kappa shape index (κ2) is 10.4. The number of ether oxygens (including phenoxy) is 1. The highest BCUT2D eigenvalue weighted by Crippen LogP contribution is 2.47. The van der Waals surface area contributed by atoms with E-state index in [1.54, 1.807) is 11.0 Å². The highest BCUT2D eigenvalue weighted by molar-refractivity contribution is 5.96. The summed E-state index contributed by atoms with van der Waals surface area (Å²) >= 11 is 0. The average Bonchev–Trinajstić information content (AvgIpc) is 3.22. The summed E-state index contributed by atoms with van der Waals surface area (Å²) in [4.78, 5) is 28.2. The predicted molar refractivity (Wildman–Crippen MR) is 128 cm³/mol. The van der Waals surface area contributed by atoms with Crippen LogP contribution in [0.5, 0.6) is 5.75 Å². The number of para-hydroxylation sites is 1. The van der Waals surface area contributed by atoms with Gasteiger partial charge in [0.15, 0.2) is 0 Å². The molecule has 1 aliphatic heterocycles. The van der Waals surface area contributed by atoms with Gasteiger partial charge in [-0.2, -0.15) is 0 Å². The lowest BCUT2D eigenvalue weighted by Crippen LogP contribution is -2.55. The number of nitrogens with one attached hydrogen (secondary N) is 1. The quantitative estimate of drug-likeness (QED) is 0.557. The summed E-state index contributed by atoms with van der Waals surface area (Å²) in [5.74, 6) is -0.121. The van der Waals surface area contributed by atoms with Gasteiger partial charge in [-0.1, -0.05) is 62.4 Å². The molecular weight excluding hydrogens is 432 g/mol. The van der Waals surface area contributed by atoms with Crippen LogP contribution < -0.4 is 10.1 Å². The Morgan fingerprint density at radius 1 is 1.09 bits per heavy atom. The van der Waals surface area contributed by atoms with Crippen LogP contribution in [0.1, 0.15) is 37.3 Å². The first-order chi connectivity index (χ1) is 16.4. The summed E-state index contributed by atoms with van der Waals surface area (Å²) in [7, 11) is 0. The molecule has 4 rings (SSSR count). The fraction of sp³-hybridized carbons (Fsp3) is 0.407. The maximum absolute atomic E-state index is 13.4. The molecule has 180 valence electrons. The smallest absolute Gasteiger partial charge is 0.247 e. The number of benzene rings is 2. The third kappa shape index (κ3) is 4.86. The van der Waals surface area contributed by atoms with Crippen molar-refractivity contribution in [2.45, 2.75) is 51.0 Å². The molecule has 3 N–H and O–H groups in total. The van der Waals surface area contributed by atoms with E-state index in [2.05, 4.69) is 5.32 Å². The molecule has 2 aliphatic rings. The topological polar surface area (TPSA) is 99.1 Å². The van der Waals surface area contributed by atoms with E-state index in [9.17, 15) is 19.8 Å². The number of carbonyl (C=O) groups is 2. The van der Waals surface area contributed by atoms with Crippen LogP contribution >= 0.6 is 0 Å². The van der Waals surface area contributed by atoms with E-state index in [0.717, 1.165) is 11.1 Å². The number of fused-ring (bicyclic) bond motifs is 3. The van der Waals surface area contributed by atoms with Crippen molar-refractivity contribution in [2.75, 3.05) is 13.2 Å². The first-order valence-corrected chi connectivity index (χ1v) is 11.8. The molecule has 0 aromatic heterocycles. The predicted octanol–water partition coefficient (Wildman–Crippen LogP) is 2.38. The van der Waals surface area contributed by atoms with Crippen LogP contribution in [0.2, 0.25) is 0 Å². The van der Waals surface area contributed by atoms with E-state index in [0.29, 0.717) is 24.3 Å². The van der Waals surface area contributed by atoms with E-state index in [1.807, 2.05) is 68.4 Å². The fourth-order valence-corrected chi connectivity index (χ4v) is 4.80. The van der Waals surface area contributed by atoms with Crippen LogP contribution in [0.25, 0.3) is 0 Å². The summed E-state index contributed by atoms with van der Waals surface area (Å²) in [5, 5.41) is 23.4. The Balaban J connectivity index is 1.75. The van der Waals surface area contributed by atoms with Crippen molar-refractivity contribution in [3.05, 3.63) is 77.4 Å². The van der Waals surface area contributed by atoms with Gasteiger partial charge in [0, 0.05) is 30.6 Å². The summed E-state index contributed by atoms with van der Waals surface area (Å²) < 4.78 is 6.14. The molecule has 0 saturated carbocycles. The van der Waals surface area contributed by atoms with Gasteiger partial charge in [-0.25, -0.2) is 0 Å². The van der Waals surface area contributed by atoms with Crippen LogP contribution in [0.4, 0.5) is 0 Å². The molecule has 0 fully saturated rings. The van der Waals surface area contributed by atoms with Crippen LogP contribution in [0.15, 0.2) is 66.2 Å². The lowest BCUT2D eigenvalue weighted by molar-refractivity contribution is -0.138. The molecule has 2 aromatic rings. The second-order valence-corrected chi connectivity index (χ2v) is 9.29. The molecule has 2 aromatic carbocycles. The Kier molecular flexibility index (Phi) is 7.34. The third-order valence-corrected chi connectivity index (χ3v) is 6.34. The van der Waals surface area contributed by atoms with Gasteiger partial charge in [0.2, 0.25) is 11.8 Å². The highest BCUT2D eigenvalue weighted by atomic mass is 16.5. The number of hydrogen-bond donors (Lipinski definition) is 3. The lowest BCUT2D eigenvalue weighted by atomic mass is 9.77. The van der Waals surface area contributed by atoms with Crippen LogP contribution in [0, 0.1) is 5.92 Å². The normalized spacial score (nSPS) is 22.9. The van der Waals surface area contributed by atoms with E-state index >= 15 is 0 Å². The van der Waals surface area contributed by atoms with Gasteiger partial charge in [0.1, 0.15) is 18.0 Å². The van der Waals surface area contributed by atoms with Crippen molar-refractivity contribution in [2.24, 2.45) is 5.92 Å². The number of carbonyl (C=O) groups excluding carboxylic acids is 2. The van der Waals surface area contributed by atoms with Crippen molar-refractivity contribution in [3.8, 4) is 5.75 Å². The largest absolute Gasteiger partial charge is 0.486 e. The number of aliphatic hydroxyl groups excluding tert-OH is 2. The summed E-state index contributed by atoms with van der Waals surface area (Å²) in [6.07, 6.45) is 0.315. The Hall–Kier alpha value is -3.16. The standard InChI is InChI=1S/C27H32N2O5/c1-17(2)14-23(31)29(16-18-8-4-3-5-9-18)21-15-20(27(33)28-12-13-30)24-19-10-6-7-11-22(19)34-26(24)25(21)32/h3-11,15,17,21,24-26,30,32H,12-14,16H2,1-2H3,(H,28,33)/t21-,24+,25+,26+/m1/s1. The van der Waals surface area contributed by atoms with Crippen LogP contribution in [0.3, 0.4) is 0 Å².